The number of aromatic nitrogens is 1. The number of carboxylic acids is 1. The normalized spacial score (nSPS) is 16.7. The number of para-hydroxylation sites is 1. The Morgan fingerprint density at radius 1 is 1.18 bits per heavy atom. The molecule has 1 heterocycles. The van der Waals surface area contributed by atoms with Crippen LogP contribution in [0.5, 0.6) is 0 Å². The fourth-order valence-corrected chi connectivity index (χ4v) is 6.36. The highest BCUT2D eigenvalue weighted by Crippen LogP contribution is 2.35. The second kappa shape index (κ2) is 9.13. The lowest BCUT2D eigenvalue weighted by molar-refractivity contribution is -0.137. The van der Waals surface area contributed by atoms with Gasteiger partial charge < -0.3 is 14.8 Å². The van der Waals surface area contributed by atoms with E-state index in [1.165, 1.54) is 0 Å². The molecule has 0 saturated carbocycles. The van der Waals surface area contributed by atoms with Gasteiger partial charge in [0.2, 0.25) is 10.0 Å². The predicted molar refractivity (Wildman–Crippen MR) is 127 cm³/mol. The number of aliphatic carboxylic acids is 1. The molecule has 1 aliphatic rings. The molecule has 2 N–H and O–H groups in total. The summed E-state index contributed by atoms with van der Waals surface area (Å²) < 4.78 is 43.4. The molecule has 182 valence electrons. The minimum absolute atomic E-state index is 0.131. The van der Waals surface area contributed by atoms with Crippen LogP contribution in [0.25, 0.3) is 10.9 Å². The Bertz CT molecular complexity index is 1310. The Morgan fingerprint density at radius 2 is 1.85 bits per heavy atom. The number of carboxylic acid groups (broad SMARTS) is 1. The van der Waals surface area contributed by atoms with Crippen molar-refractivity contribution in [3.8, 4) is 0 Å². The van der Waals surface area contributed by atoms with Crippen molar-refractivity contribution in [3.63, 3.8) is 0 Å². The van der Waals surface area contributed by atoms with E-state index >= 15 is 0 Å². The fraction of sp³-hybridized carbons (Fsp3) is 0.400. The summed E-state index contributed by atoms with van der Waals surface area (Å²) in [6.07, 6.45) is 1.97. The van der Waals surface area contributed by atoms with Crippen LogP contribution in [0.4, 0.5) is 4.39 Å². The fourth-order valence-electron chi connectivity index (χ4n) is 4.75. The van der Waals surface area contributed by atoms with E-state index in [1.807, 2.05) is 24.3 Å². The number of benzene rings is 2. The number of rotatable bonds is 8. The van der Waals surface area contributed by atoms with Gasteiger partial charge in [0, 0.05) is 29.2 Å². The van der Waals surface area contributed by atoms with Crippen molar-refractivity contribution in [1.29, 1.82) is 0 Å². The molecule has 1 unspecified atom stereocenters. The van der Waals surface area contributed by atoms with Crippen molar-refractivity contribution >= 4 is 26.9 Å². The molecular weight excluding hydrogens is 459 g/mol. The molecule has 0 fully saturated rings. The van der Waals surface area contributed by atoms with Gasteiger partial charge in [-0.25, -0.2) is 12.8 Å². The molecule has 1 atom stereocenters. The van der Waals surface area contributed by atoms with Crippen LogP contribution in [0.3, 0.4) is 0 Å². The van der Waals surface area contributed by atoms with Gasteiger partial charge in [-0.2, -0.15) is 4.31 Å². The molecule has 9 heteroatoms. The molecule has 0 bridgehead atoms. The third-order valence-electron chi connectivity index (χ3n) is 6.41. The van der Waals surface area contributed by atoms with Crippen LogP contribution in [-0.4, -0.2) is 51.7 Å². The van der Waals surface area contributed by atoms with E-state index in [2.05, 4.69) is 4.57 Å². The Labute approximate surface area is 198 Å². The van der Waals surface area contributed by atoms with Gasteiger partial charge in [0.05, 0.1) is 10.5 Å². The first-order chi connectivity index (χ1) is 16.0. The molecule has 4 rings (SSSR count). The highest BCUT2D eigenvalue weighted by atomic mass is 32.2. The number of hydrogen-bond donors (Lipinski definition) is 2. The first-order valence-electron chi connectivity index (χ1n) is 11.3. The molecule has 34 heavy (non-hydrogen) atoms. The minimum atomic E-state index is -4.15. The smallest absolute Gasteiger partial charge is 0.318 e. The third kappa shape index (κ3) is 4.87. The lowest BCUT2D eigenvalue weighted by atomic mass is 9.91. The zero-order valence-electron chi connectivity index (χ0n) is 19.2. The van der Waals surface area contributed by atoms with Gasteiger partial charge >= 0.3 is 5.97 Å². The van der Waals surface area contributed by atoms with Crippen molar-refractivity contribution in [1.82, 2.24) is 8.87 Å². The highest BCUT2D eigenvalue weighted by molar-refractivity contribution is 7.89. The first-order valence-corrected chi connectivity index (χ1v) is 12.7. The summed E-state index contributed by atoms with van der Waals surface area (Å²) in [6, 6.07) is 11.8. The van der Waals surface area contributed by atoms with E-state index in [9.17, 15) is 27.8 Å². The maximum Gasteiger partial charge on any atom is 0.318 e. The molecule has 3 aromatic rings. The number of halogens is 1. The summed E-state index contributed by atoms with van der Waals surface area (Å²) in [5.74, 6) is -1.81. The summed E-state index contributed by atoms with van der Waals surface area (Å²) >= 11 is 0. The number of nitrogens with zero attached hydrogens (tertiary/aromatic N) is 2. The standard InChI is InChI=1S/C25H29FN2O5S/c1-25(2,31)13-14-27-22-6-4-3-5-20(22)21-15-18(9-12-23(21)27)28(16-24(29)30)34(32,33)19-10-7-17(26)8-11-19/h3-8,10-11,18,31H,9,12-16H2,1-2H3,(H,29,30). The topological polar surface area (TPSA) is 99.8 Å². The predicted octanol–water partition coefficient (Wildman–Crippen LogP) is 3.57. The van der Waals surface area contributed by atoms with Gasteiger partial charge in [-0.15, -0.1) is 0 Å². The van der Waals surface area contributed by atoms with Gasteiger partial charge in [0.1, 0.15) is 12.4 Å². The third-order valence-corrected chi connectivity index (χ3v) is 8.33. The molecule has 7 nitrogen and oxygen atoms in total. The van der Waals surface area contributed by atoms with E-state index in [0.29, 0.717) is 32.2 Å². The van der Waals surface area contributed by atoms with E-state index in [4.69, 9.17) is 0 Å². The van der Waals surface area contributed by atoms with E-state index in [-0.39, 0.29) is 4.90 Å². The number of hydrogen-bond acceptors (Lipinski definition) is 4. The van der Waals surface area contributed by atoms with Crippen LogP contribution >= 0.6 is 0 Å². The van der Waals surface area contributed by atoms with Crippen molar-refractivity contribution < 1.29 is 27.8 Å². The second-order valence-corrected chi connectivity index (χ2v) is 11.3. The minimum Gasteiger partial charge on any atom is -0.480 e. The Hall–Kier alpha value is -2.75. The molecule has 0 saturated heterocycles. The number of fused-ring (bicyclic) bond motifs is 3. The SMILES string of the molecule is CC(C)(O)CCn1c2c(c3ccccc31)CC(N(CC(=O)O)S(=O)(=O)c1ccc(F)cc1)CC2. The van der Waals surface area contributed by atoms with E-state index in [1.54, 1.807) is 13.8 Å². The molecule has 0 spiro atoms. The average molecular weight is 489 g/mol. The van der Waals surface area contributed by atoms with Crippen LogP contribution in [0.2, 0.25) is 0 Å². The highest BCUT2D eigenvalue weighted by Gasteiger charge is 2.37. The number of sulfonamides is 1. The second-order valence-electron chi connectivity index (χ2n) is 9.45. The largest absolute Gasteiger partial charge is 0.480 e. The van der Waals surface area contributed by atoms with Crippen LogP contribution in [0, 0.1) is 5.82 Å². The van der Waals surface area contributed by atoms with Crippen molar-refractivity contribution in [2.24, 2.45) is 0 Å². The van der Waals surface area contributed by atoms with Crippen LogP contribution in [0.15, 0.2) is 53.4 Å². The lowest BCUT2D eigenvalue weighted by Crippen LogP contribution is -2.46. The monoisotopic (exact) mass is 488 g/mol. The zero-order chi connectivity index (χ0) is 24.7. The summed E-state index contributed by atoms with van der Waals surface area (Å²) in [5.41, 5.74) is 2.30. The molecule has 2 aromatic carbocycles. The molecule has 1 aliphatic carbocycles. The van der Waals surface area contributed by atoms with Crippen LogP contribution in [-0.2, 0) is 34.2 Å². The number of aliphatic hydroxyl groups is 1. The Kier molecular flexibility index (Phi) is 6.54. The summed E-state index contributed by atoms with van der Waals surface area (Å²) in [7, 11) is -4.15. The van der Waals surface area contributed by atoms with Crippen molar-refractivity contribution in [2.45, 2.75) is 62.6 Å². The number of carbonyl (C=O) groups is 1. The quantitative estimate of drug-likeness (QED) is 0.505. The van der Waals surface area contributed by atoms with Gasteiger partial charge in [0.15, 0.2) is 0 Å². The van der Waals surface area contributed by atoms with Gasteiger partial charge in [-0.3, -0.25) is 4.79 Å². The molecule has 1 aromatic heterocycles. The average Bonchev–Trinajstić information content (AvgIpc) is 3.08. The van der Waals surface area contributed by atoms with Gasteiger partial charge in [0.25, 0.3) is 0 Å². The summed E-state index contributed by atoms with van der Waals surface area (Å²) in [4.78, 5) is 11.5. The summed E-state index contributed by atoms with van der Waals surface area (Å²) in [5, 5.41) is 20.7. The Balaban J connectivity index is 1.73. The maximum absolute atomic E-state index is 13.4. The van der Waals surface area contributed by atoms with Gasteiger partial charge in [-0.05, 0) is 75.4 Å². The Morgan fingerprint density at radius 3 is 2.50 bits per heavy atom. The van der Waals surface area contributed by atoms with E-state index < -0.39 is 40.0 Å². The molecule has 0 aliphatic heterocycles. The maximum atomic E-state index is 13.4. The van der Waals surface area contributed by atoms with E-state index in [0.717, 1.165) is 50.7 Å². The summed E-state index contributed by atoms with van der Waals surface area (Å²) in [6.45, 7) is 3.49. The zero-order valence-corrected chi connectivity index (χ0v) is 20.1. The molecule has 0 radical (unpaired) electrons. The van der Waals surface area contributed by atoms with Crippen LogP contribution in [0.1, 0.15) is 37.9 Å². The van der Waals surface area contributed by atoms with Gasteiger partial charge in [-0.1, -0.05) is 18.2 Å². The molecule has 0 amide bonds. The lowest BCUT2D eigenvalue weighted by Gasteiger charge is -2.33. The molecular formula is C25H29FN2O5S. The van der Waals surface area contributed by atoms with Crippen LogP contribution < -0.4 is 0 Å². The van der Waals surface area contributed by atoms with Crippen molar-refractivity contribution in [3.05, 3.63) is 65.6 Å². The van der Waals surface area contributed by atoms with Crippen molar-refractivity contribution in [2.75, 3.05) is 6.54 Å². The first kappa shape index (κ1) is 24.4. The number of aryl methyl sites for hydroxylation is 1.